The van der Waals surface area contributed by atoms with Gasteiger partial charge in [0.15, 0.2) is 5.65 Å². The highest BCUT2D eigenvalue weighted by molar-refractivity contribution is 6.29. The Balaban J connectivity index is 1.96. The van der Waals surface area contributed by atoms with E-state index in [1.807, 2.05) is 44.3 Å². The van der Waals surface area contributed by atoms with E-state index in [2.05, 4.69) is 16.4 Å². The van der Waals surface area contributed by atoms with Gasteiger partial charge in [0.25, 0.3) is 0 Å². The first-order chi connectivity index (χ1) is 15.2. The lowest BCUT2D eigenvalue weighted by atomic mass is 10.00. The topological polar surface area (TPSA) is 99.1 Å². The van der Waals surface area contributed by atoms with Crippen LogP contribution in [-0.2, 0) is 0 Å². The van der Waals surface area contributed by atoms with Crippen LogP contribution in [0.3, 0.4) is 0 Å². The molecule has 0 amide bonds. The van der Waals surface area contributed by atoms with Gasteiger partial charge in [-0.2, -0.15) is 10.4 Å². The molecule has 0 aliphatic heterocycles. The number of nitrogens with zero attached hydrogens (tertiary/aromatic N) is 5. The van der Waals surface area contributed by atoms with Crippen molar-refractivity contribution in [2.24, 2.45) is 0 Å². The maximum atomic E-state index is 10.3. The quantitative estimate of drug-likeness (QED) is 0.424. The Morgan fingerprint density at radius 2 is 1.94 bits per heavy atom. The predicted octanol–water partition coefficient (Wildman–Crippen LogP) is 4.86. The molecule has 1 atom stereocenters. The zero-order chi connectivity index (χ0) is 23.0. The molecule has 32 heavy (non-hydrogen) atoms. The van der Waals surface area contributed by atoms with Gasteiger partial charge in [-0.3, -0.25) is 0 Å². The molecule has 4 rings (SSSR count). The molecule has 0 radical (unpaired) electrons. The van der Waals surface area contributed by atoms with Crippen LogP contribution in [-0.4, -0.2) is 36.3 Å². The second-order valence-electron chi connectivity index (χ2n) is 8.34. The Labute approximate surface area is 191 Å². The van der Waals surface area contributed by atoms with Gasteiger partial charge in [-0.15, -0.1) is 0 Å². The van der Waals surface area contributed by atoms with Gasteiger partial charge in [-0.1, -0.05) is 23.7 Å². The van der Waals surface area contributed by atoms with Crippen molar-refractivity contribution in [3.8, 4) is 28.5 Å². The Hall–Kier alpha value is -3.47. The number of nitrogens with one attached hydrogen (secondary N) is 1. The van der Waals surface area contributed by atoms with Crippen molar-refractivity contribution >= 4 is 23.1 Å². The molecule has 0 spiro atoms. The smallest absolute Gasteiger partial charge is 0.165 e. The van der Waals surface area contributed by atoms with E-state index in [0.29, 0.717) is 27.9 Å². The Bertz CT molecular complexity index is 1330. The molecule has 4 aromatic rings. The molecule has 0 fully saturated rings. The minimum atomic E-state index is -0.921. The molecule has 8 heteroatoms. The van der Waals surface area contributed by atoms with Crippen molar-refractivity contribution in [3.05, 3.63) is 65.1 Å². The number of aliphatic hydroxyl groups is 1. The Morgan fingerprint density at radius 3 is 2.62 bits per heavy atom. The zero-order valence-electron chi connectivity index (χ0n) is 18.3. The molecule has 0 saturated carbocycles. The largest absolute Gasteiger partial charge is 0.388 e. The van der Waals surface area contributed by atoms with Crippen LogP contribution < -0.4 is 5.32 Å². The molecule has 0 aliphatic rings. The van der Waals surface area contributed by atoms with Crippen molar-refractivity contribution in [1.29, 1.82) is 5.26 Å². The summed E-state index contributed by atoms with van der Waals surface area (Å²) in [6, 6.07) is 14.8. The molecule has 1 aromatic carbocycles. The van der Waals surface area contributed by atoms with E-state index in [4.69, 9.17) is 21.7 Å². The predicted molar refractivity (Wildman–Crippen MR) is 125 cm³/mol. The lowest BCUT2D eigenvalue weighted by Gasteiger charge is -2.27. The number of hydrogen-bond donors (Lipinski definition) is 2. The van der Waals surface area contributed by atoms with Crippen molar-refractivity contribution in [2.45, 2.75) is 39.3 Å². The highest BCUT2D eigenvalue weighted by Gasteiger charge is 2.24. The molecule has 0 bridgehead atoms. The van der Waals surface area contributed by atoms with Crippen LogP contribution in [0.4, 0.5) is 5.82 Å². The van der Waals surface area contributed by atoms with E-state index in [9.17, 15) is 10.4 Å². The molecule has 7 nitrogen and oxygen atoms in total. The standard InChI is InChI=1S/C24H23ClN6O/c1-14-10-18(12-19(25)27-14)21-22(17-7-5-6-16(11-17)13-26)30-31-9-8-20(29-23(21)31)28-15(2)24(3,4)32/h5-12,15,32H,1-4H3,(H,28,29)/t15-/m0/s1. The van der Waals surface area contributed by atoms with Gasteiger partial charge in [-0.25, -0.2) is 14.5 Å². The van der Waals surface area contributed by atoms with E-state index in [1.54, 1.807) is 36.6 Å². The van der Waals surface area contributed by atoms with Crippen LogP contribution in [0.5, 0.6) is 0 Å². The summed E-state index contributed by atoms with van der Waals surface area (Å²) >= 11 is 6.27. The molecule has 3 aromatic heterocycles. The molecule has 162 valence electrons. The number of benzene rings is 1. The van der Waals surface area contributed by atoms with E-state index < -0.39 is 5.60 Å². The number of halogens is 1. The normalized spacial score (nSPS) is 12.5. The van der Waals surface area contributed by atoms with Gasteiger partial charge in [0, 0.05) is 17.5 Å². The second kappa shape index (κ2) is 8.23. The first-order valence-electron chi connectivity index (χ1n) is 10.2. The van der Waals surface area contributed by atoms with Gasteiger partial charge < -0.3 is 10.4 Å². The van der Waals surface area contributed by atoms with Crippen LogP contribution in [0.25, 0.3) is 28.0 Å². The van der Waals surface area contributed by atoms with Crippen molar-refractivity contribution in [3.63, 3.8) is 0 Å². The van der Waals surface area contributed by atoms with Crippen molar-refractivity contribution in [1.82, 2.24) is 19.6 Å². The Kier molecular flexibility index (Phi) is 5.59. The first kappa shape index (κ1) is 21.8. The average molecular weight is 447 g/mol. The summed E-state index contributed by atoms with van der Waals surface area (Å²) in [6.07, 6.45) is 1.82. The van der Waals surface area contributed by atoms with E-state index >= 15 is 0 Å². The third kappa shape index (κ3) is 4.28. The maximum absolute atomic E-state index is 10.3. The summed E-state index contributed by atoms with van der Waals surface area (Å²) in [6.45, 7) is 7.27. The third-order valence-electron chi connectivity index (χ3n) is 5.39. The lowest BCUT2D eigenvalue weighted by molar-refractivity contribution is 0.0648. The van der Waals surface area contributed by atoms with Gasteiger partial charge in [0.05, 0.1) is 28.8 Å². The molecular formula is C24H23ClN6O. The highest BCUT2D eigenvalue weighted by atomic mass is 35.5. The number of fused-ring (bicyclic) bond motifs is 1. The molecule has 2 N–H and O–H groups in total. The number of anilines is 1. The minimum Gasteiger partial charge on any atom is -0.388 e. The number of hydrogen-bond acceptors (Lipinski definition) is 6. The van der Waals surface area contributed by atoms with Gasteiger partial charge >= 0.3 is 0 Å². The summed E-state index contributed by atoms with van der Waals surface area (Å²) in [5.41, 5.74) is 4.12. The van der Waals surface area contributed by atoms with Crippen molar-refractivity contribution in [2.75, 3.05) is 5.32 Å². The number of rotatable bonds is 5. The van der Waals surface area contributed by atoms with Crippen molar-refractivity contribution < 1.29 is 5.11 Å². The number of pyridine rings is 1. The number of nitriles is 1. The van der Waals surface area contributed by atoms with E-state index in [1.165, 1.54) is 0 Å². The summed E-state index contributed by atoms with van der Waals surface area (Å²) in [4.78, 5) is 9.08. The average Bonchev–Trinajstić information content (AvgIpc) is 3.11. The fourth-order valence-corrected chi connectivity index (χ4v) is 3.64. The zero-order valence-corrected chi connectivity index (χ0v) is 19.0. The number of aryl methyl sites for hydroxylation is 1. The highest BCUT2D eigenvalue weighted by Crippen LogP contribution is 2.36. The third-order valence-corrected chi connectivity index (χ3v) is 5.58. The summed E-state index contributed by atoms with van der Waals surface area (Å²) in [5.74, 6) is 0.613. The van der Waals surface area contributed by atoms with E-state index in [0.717, 1.165) is 22.4 Å². The maximum Gasteiger partial charge on any atom is 0.165 e. The molecule has 3 heterocycles. The SMILES string of the molecule is Cc1cc(-c2c(-c3cccc(C#N)c3)nn3ccc(N[C@@H](C)C(C)(C)O)nc23)cc(Cl)n1. The minimum absolute atomic E-state index is 0.229. The van der Waals surface area contributed by atoms with Gasteiger partial charge in [-0.05, 0) is 63.6 Å². The van der Waals surface area contributed by atoms with Crippen LogP contribution in [0.2, 0.25) is 5.15 Å². The molecule has 0 aliphatic carbocycles. The van der Waals surface area contributed by atoms with Crippen LogP contribution >= 0.6 is 11.6 Å². The fraction of sp³-hybridized carbons (Fsp3) is 0.250. The van der Waals surface area contributed by atoms with Crippen LogP contribution in [0.1, 0.15) is 32.0 Å². The second-order valence-corrected chi connectivity index (χ2v) is 8.72. The lowest BCUT2D eigenvalue weighted by Crippen LogP contribution is -2.39. The summed E-state index contributed by atoms with van der Waals surface area (Å²) in [7, 11) is 0. The summed E-state index contributed by atoms with van der Waals surface area (Å²) < 4.78 is 1.70. The van der Waals surface area contributed by atoms with Gasteiger partial charge in [0.2, 0.25) is 0 Å². The fourth-order valence-electron chi connectivity index (χ4n) is 3.38. The summed E-state index contributed by atoms with van der Waals surface area (Å²) in [5, 5.41) is 28.1. The monoisotopic (exact) mass is 446 g/mol. The molecular weight excluding hydrogens is 424 g/mol. The molecule has 0 saturated heterocycles. The van der Waals surface area contributed by atoms with Crippen LogP contribution in [0.15, 0.2) is 48.7 Å². The first-order valence-corrected chi connectivity index (χ1v) is 10.6. The van der Waals surface area contributed by atoms with Gasteiger partial charge in [0.1, 0.15) is 16.7 Å². The van der Waals surface area contributed by atoms with Crippen LogP contribution in [0, 0.1) is 18.3 Å². The Morgan fingerprint density at radius 1 is 1.16 bits per heavy atom. The van der Waals surface area contributed by atoms with E-state index in [-0.39, 0.29) is 6.04 Å². The number of aromatic nitrogens is 4. The molecule has 0 unspecified atom stereocenters.